The molecule has 0 radical (unpaired) electrons. The van der Waals surface area contributed by atoms with E-state index in [4.69, 9.17) is 0 Å². The van der Waals surface area contributed by atoms with Gasteiger partial charge in [0.15, 0.2) is 0 Å². The van der Waals surface area contributed by atoms with E-state index in [9.17, 15) is 9.59 Å². The summed E-state index contributed by atoms with van der Waals surface area (Å²) >= 11 is 1.72. The molecule has 5 heteroatoms. The smallest absolute Gasteiger partial charge is 0.232 e. The zero-order valence-corrected chi connectivity index (χ0v) is 14.0. The molecule has 0 aliphatic carbocycles. The second kappa shape index (κ2) is 7.91. The fourth-order valence-electron chi connectivity index (χ4n) is 2.22. The van der Waals surface area contributed by atoms with Gasteiger partial charge in [-0.3, -0.25) is 9.59 Å². The van der Waals surface area contributed by atoms with Gasteiger partial charge in [-0.25, -0.2) is 0 Å². The van der Waals surface area contributed by atoms with Crippen LogP contribution in [0.1, 0.15) is 40.0 Å². The van der Waals surface area contributed by atoms with Crippen LogP contribution in [0.5, 0.6) is 0 Å². The van der Waals surface area contributed by atoms with E-state index in [2.05, 4.69) is 26.1 Å². The van der Waals surface area contributed by atoms with Crippen LogP contribution in [-0.2, 0) is 9.59 Å². The number of piperidine rings is 1. The largest absolute Gasteiger partial charge is 0.359 e. The highest BCUT2D eigenvalue weighted by molar-refractivity contribution is 7.99. The Balaban J connectivity index is 2.21. The van der Waals surface area contributed by atoms with Crippen LogP contribution in [0.15, 0.2) is 0 Å². The lowest BCUT2D eigenvalue weighted by molar-refractivity contribution is -0.133. The molecule has 0 unspecified atom stereocenters. The lowest BCUT2D eigenvalue weighted by Gasteiger charge is -2.31. The lowest BCUT2D eigenvalue weighted by atomic mass is 9.94. The first-order chi connectivity index (χ1) is 9.33. The number of nitrogens with one attached hydrogen (secondary N) is 1. The van der Waals surface area contributed by atoms with Gasteiger partial charge in [0.25, 0.3) is 0 Å². The summed E-state index contributed by atoms with van der Waals surface area (Å²) in [5.41, 5.74) is 0.335. The molecule has 0 aromatic heterocycles. The maximum absolute atomic E-state index is 12.1. The summed E-state index contributed by atoms with van der Waals surface area (Å²) in [6, 6.07) is 0. The lowest BCUT2D eigenvalue weighted by Crippen LogP contribution is -2.43. The van der Waals surface area contributed by atoms with E-state index >= 15 is 0 Å². The Labute approximate surface area is 127 Å². The second-order valence-electron chi connectivity index (χ2n) is 6.63. The molecular formula is C15H28N2O2S. The fourth-order valence-corrected chi connectivity index (χ4v) is 3.48. The summed E-state index contributed by atoms with van der Waals surface area (Å²) in [7, 11) is 1.67. The van der Waals surface area contributed by atoms with Crippen molar-refractivity contribution >= 4 is 23.6 Å². The molecule has 0 bridgehead atoms. The van der Waals surface area contributed by atoms with Gasteiger partial charge in [-0.15, -0.1) is 0 Å². The molecule has 20 heavy (non-hydrogen) atoms. The third-order valence-corrected chi connectivity index (χ3v) is 4.63. The van der Waals surface area contributed by atoms with Crippen molar-refractivity contribution in [2.24, 2.45) is 11.3 Å². The van der Waals surface area contributed by atoms with Crippen LogP contribution >= 0.6 is 11.8 Å². The molecule has 0 atom stereocenters. The summed E-state index contributed by atoms with van der Waals surface area (Å²) in [4.78, 5) is 25.5. The molecule has 1 rings (SSSR count). The fraction of sp³-hybridized carbons (Fsp3) is 0.867. The molecule has 0 aromatic carbocycles. The van der Waals surface area contributed by atoms with Crippen molar-refractivity contribution in [1.29, 1.82) is 0 Å². The number of amides is 2. The molecule has 1 aliphatic heterocycles. The molecule has 0 saturated carbocycles. The molecule has 1 N–H and O–H groups in total. The summed E-state index contributed by atoms with van der Waals surface area (Å²) in [5, 5.41) is 2.69. The average Bonchev–Trinajstić information content (AvgIpc) is 2.41. The van der Waals surface area contributed by atoms with Gasteiger partial charge in [0.2, 0.25) is 11.8 Å². The topological polar surface area (TPSA) is 49.4 Å². The molecule has 1 fully saturated rings. The van der Waals surface area contributed by atoms with Crippen LogP contribution < -0.4 is 5.32 Å². The minimum absolute atomic E-state index is 0.0811. The second-order valence-corrected chi connectivity index (χ2v) is 7.74. The monoisotopic (exact) mass is 300 g/mol. The van der Waals surface area contributed by atoms with Gasteiger partial charge in [0.1, 0.15) is 0 Å². The number of hydrogen-bond acceptors (Lipinski definition) is 3. The number of nitrogens with zero attached hydrogens (tertiary/aromatic N) is 1. The first kappa shape index (κ1) is 17.3. The maximum atomic E-state index is 12.1. The summed E-state index contributed by atoms with van der Waals surface area (Å²) in [6.45, 7) is 8.10. The van der Waals surface area contributed by atoms with Crippen molar-refractivity contribution < 1.29 is 9.59 Å². The summed E-state index contributed by atoms with van der Waals surface area (Å²) in [5.74, 6) is 2.01. The Morgan fingerprint density at radius 2 is 1.85 bits per heavy atom. The predicted octanol–water partition coefficient (Wildman–Crippen LogP) is 2.14. The molecule has 1 saturated heterocycles. The van der Waals surface area contributed by atoms with E-state index in [1.165, 1.54) is 0 Å². The Hall–Kier alpha value is -0.710. The minimum atomic E-state index is 0.0811. The van der Waals surface area contributed by atoms with Gasteiger partial charge in [-0.2, -0.15) is 11.8 Å². The van der Waals surface area contributed by atoms with Gasteiger partial charge in [-0.05, 0) is 30.4 Å². The highest BCUT2D eigenvalue weighted by Crippen LogP contribution is 2.22. The van der Waals surface area contributed by atoms with Crippen LogP contribution in [-0.4, -0.2) is 48.4 Å². The van der Waals surface area contributed by atoms with Gasteiger partial charge in [0, 0.05) is 26.1 Å². The quantitative estimate of drug-likeness (QED) is 0.791. The van der Waals surface area contributed by atoms with Crippen molar-refractivity contribution in [3.63, 3.8) is 0 Å². The van der Waals surface area contributed by atoms with E-state index in [-0.39, 0.29) is 17.7 Å². The molecular weight excluding hydrogens is 272 g/mol. The third-order valence-electron chi connectivity index (χ3n) is 3.69. The molecule has 1 aliphatic rings. The highest BCUT2D eigenvalue weighted by atomic mass is 32.2. The zero-order chi connectivity index (χ0) is 15.2. The maximum Gasteiger partial charge on any atom is 0.232 e. The Kier molecular flexibility index (Phi) is 6.86. The average molecular weight is 300 g/mol. The number of rotatable bonds is 5. The first-order valence-electron chi connectivity index (χ1n) is 7.40. The first-order valence-corrected chi connectivity index (χ1v) is 8.56. The van der Waals surface area contributed by atoms with E-state index in [0.29, 0.717) is 11.2 Å². The minimum Gasteiger partial charge on any atom is -0.359 e. The summed E-state index contributed by atoms with van der Waals surface area (Å²) in [6.07, 6.45) is 2.71. The van der Waals surface area contributed by atoms with Gasteiger partial charge in [-0.1, -0.05) is 20.8 Å². The molecule has 0 spiro atoms. The standard InChI is InChI=1S/C15H28N2O2S/c1-15(2,3)7-10-20-11-13(18)17-8-5-12(6-9-17)14(19)16-4/h12H,5-11H2,1-4H3,(H,16,19). The number of carbonyl (C=O) groups excluding carboxylic acids is 2. The van der Waals surface area contributed by atoms with E-state index in [1.54, 1.807) is 18.8 Å². The van der Waals surface area contributed by atoms with E-state index in [0.717, 1.165) is 38.1 Å². The molecule has 1 heterocycles. The number of thioether (sulfide) groups is 1. The van der Waals surface area contributed by atoms with Crippen molar-refractivity contribution in [3.8, 4) is 0 Å². The third kappa shape index (κ3) is 6.16. The number of likely N-dealkylation sites (tertiary alicyclic amines) is 1. The van der Waals surface area contributed by atoms with Gasteiger partial charge >= 0.3 is 0 Å². The van der Waals surface area contributed by atoms with E-state index in [1.807, 2.05) is 4.90 Å². The van der Waals surface area contributed by atoms with Crippen LogP contribution in [0.3, 0.4) is 0 Å². The Morgan fingerprint density at radius 3 is 2.35 bits per heavy atom. The summed E-state index contributed by atoms with van der Waals surface area (Å²) < 4.78 is 0. The number of carbonyl (C=O) groups is 2. The Bertz CT molecular complexity index is 331. The zero-order valence-electron chi connectivity index (χ0n) is 13.2. The van der Waals surface area contributed by atoms with E-state index < -0.39 is 0 Å². The molecule has 2 amide bonds. The number of hydrogen-bond donors (Lipinski definition) is 1. The highest BCUT2D eigenvalue weighted by Gasteiger charge is 2.26. The van der Waals surface area contributed by atoms with Crippen molar-refractivity contribution in [1.82, 2.24) is 10.2 Å². The molecule has 116 valence electrons. The van der Waals surface area contributed by atoms with Gasteiger partial charge in [0.05, 0.1) is 5.75 Å². The SMILES string of the molecule is CNC(=O)C1CCN(C(=O)CSCCC(C)(C)C)CC1. The normalized spacial score (nSPS) is 17.1. The van der Waals surface area contributed by atoms with Crippen molar-refractivity contribution in [2.45, 2.75) is 40.0 Å². The van der Waals surface area contributed by atoms with Crippen LogP contribution in [0, 0.1) is 11.3 Å². The molecule has 4 nitrogen and oxygen atoms in total. The predicted molar refractivity (Wildman–Crippen MR) is 84.8 cm³/mol. The van der Waals surface area contributed by atoms with Crippen LogP contribution in [0.4, 0.5) is 0 Å². The van der Waals surface area contributed by atoms with Crippen molar-refractivity contribution in [2.75, 3.05) is 31.6 Å². The Morgan fingerprint density at radius 1 is 1.25 bits per heavy atom. The van der Waals surface area contributed by atoms with Crippen LogP contribution in [0.25, 0.3) is 0 Å². The van der Waals surface area contributed by atoms with Crippen LogP contribution in [0.2, 0.25) is 0 Å². The van der Waals surface area contributed by atoms with Gasteiger partial charge < -0.3 is 10.2 Å². The molecule has 0 aromatic rings. The van der Waals surface area contributed by atoms with Crippen molar-refractivity contribution in [3.05, 3.63) is 0 Å².